The number of urea groups is 1. The van der Waals surface area contributed by atoms with E-state index in [1.807, 2.05) is 17.0 Å². The standard InChI is InChI=1S/C17H20N2OS/c1-2-13-7-9-14(10-8-13)18-17(20)19-11-3-5-15(19)16-6-4-12-21-16/h4,6-10,12,15H,2-3,5,11H2,1H3,(H,18,20)/t15-/m1/s1. The molecule has 1 saturated heterocycles. The second-order valence-corrected chi connectivity index (χ2v) is 6.33. The number of nitrogens with one attached hydrogen (secondary N) is 1. The summed E-state index contributed by atoms with van der Waals surface area (Å²) in [7, 11) is 0. The Morgan fingerprint density at radius 3 is 2.81 bits per heavy atom. The zero-order valence-corrected chi connectivity index (χ0v) is 13.0. The molecule has 4 heteroatoms. The highest BCUT2D eigenvalue weighted by atomic mass is 32.1. The lowest BCUT2D eigenvalue weighted by Crippen LogP contribution is -2.34. The lowest BCUT2D eigenvalue weighted by Gasteiger charge is -2.24. The fourth-order valence-electron chi connectivity index (χ4n) is 2.81. The molecule has 110 valence electrons. The Morgan fingerprint density at radius 1 is 1.33 bits per heavy atom. The summed E-state index contributed by atoms with van der Waals surface area (Å²) in [6.45, 7) is 2.96. The molecule has 0 saturated carbocycles. The maximum absolute atomic E-state index is 12.5. The first kappa shape index (κ1) is 14.1. The SMILES string of the molecule is CCc1ccc(NC(=O)N2CCC[C@@H]2c2cccs2)cc1. The van der Waals surface area contributed by atoms with Gasteiger partial charge in [-0.2, -0.15) is 0 Å². The summed E-state index contributed by atoms with van der Waals surface area (Å²) in [4.78, 5) is 15.7. The van der Waals surface area contributed by atoms with Crippen LogP contribution >= 0.6 is 11.3 Å². The number of nitrogens with zero attached hydrogens (tertiary/aromatic N) is 1. The number of likely N-dealkylation sites (tertiary alicyclic amines) is 1. The molecule has 1 aromatic heterocycles. The predicted molar refractivity (Wildman–Crippen MR) is 87.8 cm³/mol. The highest BCUT2D eigenvalue weighted by Crippen LogP contribution is 2.34. The van der Waals surface area contributed by atoms with Crippen LogP contribution in [0.25, 0.3) is 0 Å². The number of hydrogen-bond acceptors (Lipinski definition) is 2. The maximum Gasteiger partial charge on any atom is 0.322 e. The summed E-state index contributed by atoms with van der Waals surface area (Å²) in [6.07, 6.45) is 3.15. The van der Waals surface area contributed by atoms with E-state index >= 15 is 0 Å². The van der Waals surface area contributed by atoms with E-state index in [0.717, 1.165) is 31.5 Å². The monoisotopic (exact) mass is 300 g/mol. The van der Waals surface area contributed by atoms with E-state index in [2.05, 4.69) is 41.9 Å². The topological polar surface area (TPSA) is 32.3 Å². The molecule has 1 aliphatic rings. The fraction of sp³-hybridized carbons (Fsp3) is 0.353. The molecule has 1 N–H and O–H groups in total. The molecule has 2 heterocycles. The minimum Gasteiger partial charge on any atom is -0.317 e. The van der Waals surface area contributed by atoms with Crippen LogP contribution in [0.2, 0.25) is 0 Å². The van der Waals surface area contributed by atoms with Crippen molar-refractivity contribution in [2.75, 3.05) is 11.9 Å². The molecule has 21 heavy (non-hydrogen) atoms. The molecular formula is C17H20N2OS. The minimum atomic E-state index is 0.00940. The molecular weight excluding hydrogens is 280 g/mol. The van der Waals surface area contributed by atoms with Crippen LogP contribution in [-0.2, 0) is 6.42 Å². The van der Waals surface area contributed by atoms with Crippen LogP contribution in [0, 0.1) is 0 Å². The first-order valence-electron chi connectivity index (χ1n) is 7.48. The Hall–Kier alpha value is -1.81. The molecule has 3 rings (SSSR count). The van der Waals surface area contributed by atoms with Gasteiger partial charge in [0.15, 0.2) is 0 Å². The zero-order valence-electron chi connectivity index (χ0n) is 12.2. The third-order valence-electron chi connectivity index (χ3n) is 4.00. The Balaban J connectivity index is 1.69. The van der Waals surface area contributed by atoms with Crippen molar-refractivity contribution in [3.63, 3.8) is 0 Å². The molecule has 3 nitrogen and oxygen atoms in total. The van der Waals surface area contributed by atoms with E-state index in [4.69, 9.17) is 0 Å². The number of amides is 2. The number of thiophene rings is 1. The van der Waals surface area contributed by atoms with Gasteiger partial charge in [0, 0.05) is 17.1 Å². The van der Waals surface area contributed by atoms with Gasteiger partial charge < -0.3 is 10.2 Å². The molecule has 0 spiro atoms. The normalized spacial score (nSPS) is 18.0. The van der Waals surface area contributed by atoms with E-state index in [9.17, 15) is 4.79 Å². The Labute approximate surface area is 129 Å². The molecule has 1 fully saturated rings. The summed E-state index contributed by atoms with van der Waals surface area (Å²) in [5, 5.41) is 5.10. The van der Waals surface area contributed by atoms with E-state index in [0.29, 0.717) is 0 Å². The van der Waals surface area contributed by atoms with E-state index < -0.39 is 0 Å². The van der Waals surface area contributed by atoms with Gasteiger partial charge in [0.05, 0.1) is 6.04 Å². The highest BCUT2D eigenvalue weighted by Gasteiger charge is 2.30. The molecule has 0 unspecified atom stereocenters. The van der Waals surface area contributed by atoms with E-state index in [-0.39, 0.29) is 12.1 Å². The first-order chi connectivity index (χ1) is 10.3. The minimum absolute atomic E-state index is 0.00940. The van der Waals surface area contributed by atoms with Crippen LogP contribution < -0.4 is 5.32 Å². The summed E-state index contributed by atoms with van der Waals surface area (Å²) in [5.41, 5.74) is 2.15. The van der Waals surface area contributed by atoms with Gasteiger partial charge in [-0.1, -0.05) is 25.1 Å². The van der Waals surface area contributed by atoms with Gasteiger partial charge in [0.2, 0.25) is 0 Å². The second-order valence-electron chi connectivity index (χ2n) is 5.35. The number of carbonyl (C=O) groups excluding carboxylic acids is 1. The van der Waals surface area contributed by atoms with Crippen LogP contribution in [0.3, 0.4) is 0 Å². The zero-order chi connectivity index (χ0) is 14.7. The van der Waals surface area contributed by atoms with Crippen molar-refractivity contribution in [2.24, 2.45) is 0 Å². The van der Waals surface area contributed by atoms with Gasteiger partial charge in [-0.3, -0.25) is 0 Å². The number of benzene rings is 1. The van der Waals surface area contributed by atoms with Crippen LogP contribution in [0.15, 0.2) is 41.8 Å². The third-order valence-corrected chi connectivity index (χ3v) is 4.97. The number of aryl methyl sites for hydroxylation is 1. The van der Waals surface area contributed by atoms with Crippen LogP contribution in [0.5, 0.6) is 0 Å². The van der Waals surface area contributed by atoms with Crippen molar-refractivity contribution in [1.82, 2.24) is 4.90 Å². The highest BCUT2D eigenvalue weighted by molar-refractivity contribution is 7.10. The molecule has 2 aromatic rings. The van der Waals surface area contributed by atoms with Crippen LogP contribution in [0.1, 0.15) is 36.2 Å². The lowest BCUT2D eigenvalue weighted by molar-refractivity contribution is 0.208. The van der Waals surface area contributed by atoms with Crippen LogP contribution in [-0.4, -0.2) is 17.5 Å². The predicted octanol–water partition coefficient (Wildman–Crippen LogP) is 4.68. The summed E-state index contributed by atoms with van der Waals surface area (Å²) < 4.78 is 0. The van der Waals surface area contributed by atoms with Crippen molar-refractivity contribution in [3.8, 4) is 0 Å². The van der Waals surface area contributed by atoms with Crippen molar-refractivity contribution in [2.45, 2.75) is 32.2 Å². The average molecular weight is 300 g/mol. The Bertz CT molecular complexity index is 592. The van der Waals surface area contributed by atoms with Gasteiger partial charge in [-0.15, -0.1) is 11.3 Å². The third kappa shape index (κ3) is 3.10. The fourth-order valence-corrected chi connectivity index (χ4v) is 3.68. The van der Waals surface area contributed by atoms with Crippen molar-refractivity contribution in [3.05, 3.63) is 52.2 Å². The Kier molecular flexibility index (Phi) is 4.25. The van der Waals surface area contributed by atoms with E-state index in [1.54, 1.807) is 11.3 Å². The number of hydrogen-bond donors (Lipinski definition) is 1. The van der Waals surface area contributed by atoms with Gasteiger partial charge in [-0.05, 0) is 48.4 Å². The summed E-state index contributed by atoms with van der Waals surface area (Å²) >= 11 is 1.73. The average Bonchev–Trinajstić information content (AvgIpc) is 3.18. The molecule has 1 aliphatic heterocycles. The van der Waals surface area contributed by atoms with Crippen molar-refractivity contribution < 1.29 is 4.79 Å². The number of rotatable bonds is 3. The lowest BCUT2D eigenvalue weighted by atomic mass is 10.1. The quantitative estimate of drug-likeness (QED) is 0.877. The van der Waals surface area contributed by atoms with E-state index in [1.165, 1.54) is 10.4 Å². The van der Waals surface area contributed by atoms with Gasteiger partial charge >= 0.3 is 6.03 Å². The molecule has 1 atom stereocenters. The number of carbonyl (C=O) groups is 1. The second kappa shape index (κ2) is 6.31. The van der Waals surface area contributed by atoms with Gasteiger partial charge in [0.25, 0.3) is 0 Å². The summed E-state index contributed by atoms with van der Waals surface area (Å²) in [6, 6.07) is 12.5. The maximum atomic E-state index is 12.5. The largest absolute Gasteiger partial charge is 0.322 e. The first-order valence-corrected chi connectivity index (χ1v) is 8.36. The molecule has 2 amide bonds. The molecule has 0 radical (unpaired) electrons. The molecule has 0 aliphatic carbocycles. The van der Waals surface area contributed by atoms with Crippen molar-refractivity contribution >= 4 is 23.1 Å². The summed E-state index contributed by atoms with van der Waals surface area (Å²) in [5.74, 6) is 0. The van der Waals surface area contributed by atoms with Gasteiger partial charge in [-0.25, -0.2) is 4.79 Å². The van der Waals surface area contributed by atoms with Gasteiger partial charge in [0.1, 0.15) is 0 Å². The molecule has 1 aromatic carbocycles. The smallest absolute Gasteiger partial charge is 0.317 e. The Morgan fingerprint density at radius 2 is 2.14 bits per heavy atom. The van der Waals surface area contributed by atoms with Crippen molar-refractivity contribution in [1.29, 1.82) is 0 Å². The number of anilines is 1. The molecule has 0 bridgehead atoms. The van der Waals surface area contributed by atoms with Crippen LogP contribution in [0.4, 0.5) is 10.5 Å².